The van der Waals surface area contributed by atoms with Crippen LogP contribution in [-0.2, 0) is 4.79 Å². The third kappa shape index (κ3) is 2.43. The molecule has 0 radical (unpaired) electrons. The van der Waals surface area contributed by atoms with Gasteiger partial charge in [0.15, 0.2) is 5.65 Å². The minimum absolute atomic E-state index is 0.101. The lowest BCUT2D eigenvalue weighted by atomic mass is 10.5. The van der Waals surface area contributed by atoms with Crippen LogP contribution < -0.4 is 5.69 Å². The van der Waals surface area contributed by atoms with Gasteiger partial charge < -0.3 is 5.11 Å². The van der Waals surface area contributed by atoms with Crippen molar-refractivity contribution in [3.63, 3.8) is 0 Å². The molecule has 7 nitrogen and oxygen atoms in total. The zero-order valence-electron chi connectivity index (χ0n) is 9.15. The largest absolute Gasteiger partial charge is 0.481 e. The zero-order valence-corrected chi connectivity index (χ0v) is 9.96. The van der Waals surface area contributed by atoms with E-state index in [4.69, 9.17) is 5.11 Å². The number of carboxylic acid groups (broad SMARTS) is 1. The van der Waals surface area contributed by atoms with Crippen molar-refractivity contribution in [2.45, 2.75) is 0 Å². The van der Waals surface area contributed by atoms with Gasteiger partial charge in [-0.2, -0.15) is 0 Å². The lowest BCUT2D eigenvalue weighted by molar-refractivity contribution is -0.133. The standard InChI is InChI=1S/C10H9N3O4S/c14-8(5-18-6-9(15)16)13-10(17)12-4-2-1-3-7(12)11-13/h1-4H,5-6H2,(H,15,16). The highest BCUT2D eigenvalue weighted by Crippen LogP contribution is 2.01. The highest BCUT2D eigenvalue weighted by Gasteiger charge is 2.13. The molecule has 0 atom stereocenters. The van der Waals surface area contributed by atoms with Crippen LogP contribution in [0.25, 0.3) is 5.65 Å². The third-order valence-corrected chi connectivity index (χ3v) is 3.02. The van der Waals surface area contributed by atoms with Gasteiger partial charge in [0.2, 0.25) is 0 Å². The minimum atomic E-state index is -1.00. The monoisotopic (exact) mass is 267 g/mol. The Morgan fingerprint density at radius 2 is 2.11 bits per heavy atom. The second-order valence-electron chi connectivity index (χ2n) is 3.40. The fourth-order valence-corrected chi connectivity index (χ4v) is 1.95. The van der Waals surface area contributed by atoms with Gasteiger partial charge in [0, 0.05) is 6.20 Å². The molecule has 0 saturated heterocycles. The number of carbonyl (C=O) groups excluding carboxylic acids is 1. The lowest BCUT2D eigenvalue weighted by Crippen LogP contribution is -2.28. The summed E-state index contributed by atoms with van der Waals surface area (Å²) in [5, 5.41) is 12.3. The number of aromatic nitrogens is 3. The van der Waals surface area contributed by atoms with Crippen LogP contribution in [0.2, 0.25) is 0 Å². The van der Waals surface area contributed by atoms with E-state index in [9.17, 15) is 14.4 Å². The maximum Gasteiger partial charge on any atom is 0.357 e. The zero-order chi connectivity index (χ0) is 13.1. The summed E-state index contributed by atoms with van der Waals surface area (Å²) in [7, 11) is 0. The molecule has 0 saturated carbocycles. The Bertz CT molecular complexity index is 660. The Morgan fingerprint density at radius 1 is 1.33 bits per heavy atom. The Morgan fingerprint density at radius 3 is 2.78 bits per heavy atom. The topological polar surface area (TPSA) is 93.7 Å². The first-order valence-corrected chi connectivity index (χ1v) is 6.14. The van der Waals surface area contributed by atoms with E-state index >= 15 is 0 Å². The number of nitrogens with zero attached hydrogens (tertiary/aromatic N) is 3. The quantitative estimate of drug-likeness (QED) is 0.835. The summed E-state index contributed by atoms with van der Waals surface area (Å²) in [5.41, 5.74) is -0.175. The van der Waals surface area contributed by atoms with Crippen LogP contribution in [0.1, 0.15) is 4.79 Å². The third-order valence-electron chi connectivity index (χ3n) is 2.12. The number of rotatable bonds is 4. The molecule has 8 heteroatoms. The smallest absolute Gasteiger partial charge is 0.357 e. The maximum absolute atomic E-state index is 11.8. The highest BCUT2D eigenvalue weighted by atomic mass is 32.2. The molecule has 2 heterocycles. The van der Waals surface area contributed by atoms with Gasteiger partial charge in [-0.1, -0.05) is 6.07 Å². The van der Waals surface area contributed by atoms with Crippen LogP contribution >= 0.6 is 11.8 Å². The molecule has 0 amide bonds. The molecule has 0 aromatic carbocycles. The van der Waals surface area contributed by atoms with Gasteiger partial charge in [-0.25, -0.2) is 9.20 Å². The van der Waals surface area contributed by atoms with Gasteiger partial charge in [0.1, 0.15) is 0 Å². The average molecular weight is 267 g/mol. The first-order valence-electron chi connectivity index (χ1n) is 4.99. The number of carbonyl (C=O) groups is 2. The molecule has 0 aliphatic rings. The maximum atomic E-state index is 11.8. The van der Waals surface area contributed by atoms with Crippen LogP contribution in [0.15, 0.2) is 29.2 Å². The van der Waals surface area contributed by atoms with Gasteiger partial charge >= 0.3 is 11.7 Å². The number of pyridine rings is 1. The predicted molar refractivity (Wildman–Crippen MR) is 65.0 cm³/mol. The summed E-state index contributed by atoms with van der Waals surface area (Å²) in [5.74, 6) is -1.82. The van der Waals surface area contributed by atoms with Gasteiger partial charge in [-0.15, -0.1) is 21.5 Å². The van der Waals surface area contributed by atoms with Crippen molar-refractivity contribution < 1.29 is 14.7 Å². The number of thioether (sulfide) groups is 1. The molecule has 0 aliphatic heterocycles. The summed E-state index contributed by atoms with van der Waals surface area (Å²) in [6.45, 7) is 0. The Balaban J connectivity index is 2.20. The summed E-state index contributed by atoms with van der Waals surface area (Å²) in [6, 6.07) is 4.97. The molecule has 2 aromatic rings. The van der Waals surface area contributed by atoms with Crippen LogP contribution in [0.4, 0.5) is 0 Å². The molecule has 0 fully saturated rings. The van der Waals surface area contributed by atoms with E-state index in [0.29, 0.717) is 5.65 Å². The lowest BCUT2D eigenvalue weighted by Gasteiger charge is -1.96. The second-order valence-corrected chi connectivity index (χ2v) is 4.39. The predicted octanol–water partition coefficient (Wildman–Crippen LogP) is -0.0460. The van der Waals surface area contributed by atoms with E-state index in [-0.39, 0.29) is 11.5 Å². The van der Waals surface area contributed by atoms with Crippen LogP contribution in [0.3, 0.4) is 0 Å². The molecule has 94 valence electrons. The van der Waals surface area contributed by atoms with Crippen LogP contribution in [-0.4, -0.2) is 42.7 Å². The molecule has 0 unspecified atom stereocenters. The van der Waals surface area contributed by atoms with E-state index in [1.54, 1.807) is 18.2 Å². The number of hydrogen-bond donors (Lipinski definition) is 1. The number of hydrogen-bond acceptors (Lipinski definition) is 5. The number of aliphatic carboxylic acids is 1. The molecule has 2 rings (SSSR count). The number of carboxylic acids is 1. The van der Waals surface area contributed by atoms with Crippen LogP contribution in [0, 0.1) is 0 Å². The molecule has 2 aromatic heterocycles. The van der Waals surface area contributed by atoms with Gasteiger partial charge in [-0.05, 0) is 12.1 Å². The van der Waals surface area contributed by atoms with Crippen molar-refractivity contribution in [3.8, 4) is 0 Å². The van der Waals surface area contributed by atoms with E-state index in [1.807, 2.05) is 0 Å². The minimum Gasteiger partial charge on any atom is -0.481 e. The Hall–Kier alpha value is -2.09. The average Bonchev–Trinajstić information content (AvgIpc) is 2.67. The van der Waals surface area contributed by atoms with Crippen LogP contribution in [0.5, 0.6) is 0 Å². The van der Waals surface area contributed by atoms with E-state index in [0.717, 1.165) is 16.4 Å². The molecule has 0 aliphatic carbocycles. The van der Waals surface area contributed by atoms with Crippen molar-refractivity contribution in [2.75, 3.05) is 11.5 Å². The fraction of sp³-hybridized carbons (Fsp3) is 0.200. The molecule has 1 N–H and O–H groups in total. The van der Waals surface area contributed by atoms with Gasteiger partial charge in [0.05, 0.1) is 11.5 Å². The molecule has 18 heavy (non-hydrogen) atoms. The van der Waals surface area contributed by atoms with E-state index < -0.39 is 17.6 Å². The summed E-state index contributed by atoms with van der Waals surface area (Å²) < 4.78 is 2.00. The normalized spacial score (nSPS) is 10.7. The van der Waals surface area contributed by atoms with E-state index in [1.165, 1.54) is 10.6 Å². The Labute approximate surface area is 105 Å². The first kappa shape index (κ1) is 12.4. The van der Waals surface area contributed by atoms with E-state index in [2.05, 4.69) is 5.10 Å². The van der Waals surface area contributed by atoms with Gasteiger partial charge in [-0.3, -0.25) is 9.59 Å². The summed E-state index contributed by atoms with van der Waals surface area (Å²) in [4.78, 5) is 33.8. The second kappa shape index (κ2) is 5.05. The van der Waals surface area contributed by atoms with Gasteiger partial charge in [0.25, 0.3) is 5.91 Å². The fourth-order valence-electron chi connectivity index (χ4n) is 1.37. The van der Waals surface area contributed by atoms with Crippen molar-refractivity contribution in [2.24, 2.45) is 0 Å². The molecule has 0 spiro atoms. The highest BCUT2D eigenvalue weighted by molar-refractivity contribution is 8.00. The molecular weight excluding hydrogens is 258 g/mol. The SMILES string of the molecule is O=C(O)CSCC(=O)n1nc2ccccn2c1=O. The van der Waals surface area contributed by atoms with Crippen molar-refractivity contribution in [1.29, 1.82) is 0 Å². The first-order chi connectivity index (χ1) is 8.59. The molecular formula is C10H9N3O4S. The summed E-state index contributed by atoms with van der Waals surface area (Å²) in [6.07, 6.45) is 1.51. The van der Waals surface area contributed by atoms with Crippen molar-refractivity contribution in [3.05, 3.63) is 34.9 Å². The Kier molecular flexibility index (Phi) is 3.47. The number of fused-ring (bicyclic) bond motifs is 1. The van der Waals surface area contributed by atoms with Crippen molar-refractivity contribution >= 4 is 29.3 Å². The molecule has 0 bridgehead atoms. The summed E-state index contributed by atoms with van der Waals surface area (Å²) >= 11 is 0.925. The van der Waals surface area contributed by atoms with Crippen molar-refractivity contribution in [1.82, 2.24) is 14.2 Å².